The number of hydrogen-bond acceptors (Lipinski definition) is 2. The molecule has 100 valence electrons. The van der Waals surface area contributed by atoms with Crippen LogP contribution in [0.4, 0.5) is 5.69 Å². The number of nitrogens with one attached hydrogen (secondary N) is 1. The van der Waals surface area contributed by atoms with E-state index in [1.165, 1.54) is 0 Å². The van der Waals surface area contributed by atoms with E-state index in [1.807, 2.05) is 42.6 Å². The number of halogens is 2. The first-order chi connectivity index (χ1) is 9.74. The van der Waals surface area contributed by atoms with E-state index in [9.17, 15) is 0 Å². The van der Waals surface area contributed by atoms with Crippen molar-refractivity contribution in [2.75, 3.05) is 5.32 Å². The summed E-state index contributed by atoms with van der Waals surface area (Å²) in [6.07, 6.45) is 3.66. The molecule has 0 bridgehead atoms. The van der Waals surface area contributed by atoms with Gasteiger partial charge in [-0.25, -0.2) is 0 Å². The Kier molecular flexibility index (Phi) is 3.77. The SMILES string of the molecule is Clc1ccc(CNc2cccc3cnccc23)cc1Cl. The molecule has 0 saturated heterocycles. The number of benzene rings is 2. The Morgan fingerprint density at radius 1 is 1.00 bits per heavy atom. The van der Waals surface area contributed by atoms with E-state index < -0.39 is 0 Å². The highest BCUT2D eigenvalue weighted by molar-refractivity contribution is 6.42. The average molecular weight is 303 g/mol. The molecule has 0 radical (unpaired) electrons. The molecule has 0 aliphatic heterocycles. The Morgan fingerprint density at radius 2 is 1.90 bits per heavy atom. The number of anilines is 1. The van der Waals surface area contributed by atoms with E-state index in [4.69, 9.17) is 23.2 Å². The van der Waals surface area contributed by atoms with Crippen molar-refractivity contribution in [2.24, 2.45) is 0 Å². The van der Waals surface area contributed by atoms with Gasteiger partial charge in [-0.3, -0.25) is 4.98 Å². The standard InChI is InChI=1S/C16H12Cl2N2/c17-14-5-4-11(8-15(14)18)9-20-16-3-1-2-12-10-19-7-6-13(12)16/h1-8,10,20H,9H2. The smallest absolute Gasteiger partial charge is 0.0595 e. The lowest BCUT2D eigenvalue weighted by Gasteiger charge is -2.10. The van der Waals surface area contributed by atoms with Gasteiger partial charge in [0.2, 0.25) is 0 Å². The van der Waals surface area contributed by atoms with Crippen LogP contribution in [0.5, 0.6) is 0 Å². The maximum Gasteiger partial charge on any atom is 0.0595 e. The molecule has 20 heavy (non-hydrogen) atoms. The summed E-state index contributed by atoms with van der Waals surface area (Å²) in [6, 6.07) is 13.8. The second-order valence-electron chi connectivity index (χ2n) is 4.50. The van der Waals surface area contributed by atoms with Crippen LogP contribution in [0.2, 0.25) is 10.0 Å². The molecule has 1 aromatic heterocycles. The lowest BCUT2D eigenvalue weighted by Crippen LogP contribution is -2.00. The number of fused-ring (bicyclic) bond motifs is 1. The number of pyridine rings is 1. The highest BCUT2D eigenvalue weighted by Crippen LogP contribution is 2.25. The molecular formula is C16H12Cl2N2. The first-order valence-electron chi connectivity index (χ1n) is 6.24. The van der Waals surface area contributed by atoms with Gasteiger partial charge in [0.15, 0.2) is 0 Å². The van der Waals surface area contributed by atoms with Gasteiger partial charge >= 0.3 is 0 Å². The lowest BCUT2D eigenvalue weighted by atomic mass is 10.1. The molecule has 0 fully saturated rings. The van der Waals surface area contributed by atoms with Gasteiger partial charge in [-0.1, -0.05) is 41.4 Å². The van der Waals surface area contributed by atoms with E-state index >= 15 is 0 Å². The third-order valence-corrected chi connectivity index (χ3v) is 3.89. The van der Waals surface area contributed by atoms with Crippen molar-refractivity contribution in [3.63, 3.8) is 0 Å². The van der Waals surface area contributed by atoms with Gasteiger partial charge in [-0.05, 0) is 29.8 Å². The minimum atomic E-state index is 0.576. The first kappa shape index (κ1) is 13.2. The van der Waals surface area contributed by atoms with E-state index in [0.717, 1.165) is 22.0 Å². The quantitative estimate of drug-likeness (QED) is 0.723. The predicted octanol–water partition coefficient (Wildman–Crippen LogP) is 5.15. The fourth-order valence-electron chi connectivity index (χ4n) is 2.12. The van der Waals surface area contributed by atoms with Crippen molar-refractivity contribution >= 4 is 39.7 Å². The molecule has 4 heteroatoms. The highest BCUT2D eigenvalue weighted by atomic mass is 35.5. The Morgan fingerprint density at radius 3 is 2.75 bits per heavy atom. The molecule has 0 unspecified atom stereocenters. The van der Waals surface area contributed by atoms with Crippen molar-refractivity contribution in [1.29, 1.82) is 0 Å². The molecule has 0 spiro atoms. The second kappa shape index (κ2) is 5.70. The summed E-state index contributed by atoms with van der Waals surface area (Å²) in [5.41, 5.74) is 2.17. The molecule has 0 amide bonds. The topological polar surface area (TPSA) is 24.9 Å². The molecule has 2 nitrogen and oxygen atoms in total. The largest absolute Gasteiger partial charge is 0.380 e. The Balaban J connectivity index is 1.85. The molecule has 0 saturated carbocycles. The van der Waals surface area contributed by atoms with Crippen LogP contribution in [0.1, 0.15) is 5.56 Å². The van der Waals surface area contributed by atoms with Gasteiger partial charge in [0, 0.05) is 35.4 Å². The summed E-state index contributed by atoms with van der Waals surface area (Å²) in [5, 5.41) is 6.85. The highest BCUT2D eigenvalue weighted by Gasteiger charge is 2.02. The van der Waals surface area contributed by atoms with Crippen LogP contribution in [0.15, 0.2) is 54.9 Å². The zero-order valence-corrected chi connectivity index (χ0v) is 12.1. The summed E-state index contributed by atoms with van der Waals surface area (Å²) in [6.45, 7) is 0.693. The van der Waals surface area contributed by atoms with Crippen LogP contribution >= 0.6 is 23.2 Å². The number of hydrogen-bond donors (Lipinski definition) is 1. The van der Waals surface area contributed by atoms with Crippen LogP contribution < -0.4 is 5.32 Å². The molecule has 0 atom stereocenters. The van der Waals surface area contributed by atoms with E-state index in [2.05, 4.69) is 16.4 Å². The van der Waals surface area contributed by atoms with Gasteiger partial charge < -0.3 is 5.32 Å². The molecular weight excluding hydrogens is 291 g/mol. The maximum absolute atomic E-state index is 6.02. The van der Waals surface area contributed by atoms with Crippen molar-refractivity contribution in [2.45, 2.75) is 6.54 Å². The van der Waals surface area contributed by atoms with Crippen molar-refractivity contribution < 1.29 is 0 Å². The summed E-state index contributed by atoms with van der Waals surface area (Å²) < 4.78 is 0. The molecule has 3 aromatic rings. The van der Waals surface area contributed by atoms with Crippen molar-refractivity contribution in [1.82, 2.24) is 4.98 Å². The summed E-state index contributed by atoms with van der Waals surface area (Å²) in [7, 11) is 0. The first-order valence-corrected chi connectivity index (χ1v) is 7.00. The van der Waals surface area contributed by atoms with Crippen LogP contribution in [0.3, 0.4) is 0 Å². The van der Waals surface area contributed by atoms with Gasteiger partial charge in [-0.2, -0.15) is 0 Å². The molecule has 2 aromatic carbocycles. The Labute approximate surface area is 127 Å². The predicted molar refractivity (Wildman–Crippen MR) is 85.5 cm³/mol. The van der Waals surface area contributed by atoms with E-state index in [-0.39, 0.29) is 0 Å². The van der Waals surface area contributed by atoms with Crippen molar-refractivity contribution in [3.8, 4) is 0 Å². The maximum atomic E-state index is 6.02. The molecule has 1 N–H and O–H groups in total. The van der Waals surface area contributed by atoms with E-state index in [1.54, 1.807) is 6.20 Å². The summed E-state index contributed by atoms with van der Waals surface area (Å²) >= 11 is 11.9. The number of rotatable bonds is 3. The van der Waals surface area contributed by atoms with Crippen LogP contribution in [0.25, 0.3) is 10.8 Å². The number of aromatic nitrogens is 1. The molecule has 3 rings (SSSR count). The van der Waals surface area contributed by atoms with Gasteiger partial charge in [0.05, 0.1) is 10.0 Å². The zero-order chi connectivity index (χ0) is 13.9. The average Bonchev–Trinajstić information content (AvgIpc) is 2.48. The van der Waals surface area contributed by atoms with Crippen LogP contribution in [0, 0.1) is 0 Å². The fraction of sp³-hybridized carbons (Fsp3) is 0.0625. The van der Waals surface area contributed by atoms with E-state index in [0.29, 0.717) is 16.6 Å². The fourth-order valence-corrected chi connectivity index (χ4v) is 2.44. The van der Waals surface area contributed by atoms with Gasteiger partial charge in [0.25, 0.3) is 0 Å². The van der Waals surface area contributed by atoms with Gasteiger partial charge in [-0.15, -0.1) is 0 Å². The van der Waals surface area contributed by atoms with Crippen LogP contribution in [-0.4, -0.2) is 4.98 Å². The lowest BCUT2D eigenvalue weighted by molar-refractivity contribution is 1.15. The Bertz CT molecular complexity index is 751. The monoisotopic (exact) mass is 302 g/mol. The molecule has 0 aliphatic carbocycles. The van der Waals surface area contributed by atoms with Crippen LogP contribution in [-0.2, 0) is 6.54 Å². The normalized spacial score (nSPS) is 10.7. The minimum Gasteiger partial charge on any atom is -0.380 e. The zero-order valence-electron chi connectivity index (χ0n) is 10.6. The second-order valence-corrected chi connectivity index (χ2v) is 5.32. The summed E-state index contributed by atoms with van der Waals surface area (Å²) in [4.78, 5) is 4.13. The third kappa shape index (κ3) is 2.72. The van der Waals surface area contributed by atoms with Crippen molar-refractivity contribution in [3.05, 3.63) is 70.5 Å². The molecule has 1 heterocycles. The summed E-state index contributed by atoms with van der Waals surface area (Å²) in [5.74, 6) is 0. The molecule has 0 aliphatic rings. The Hall–Kier alpha value is -1.77. The number of nitrogens with zero attached hydrogens (tertiary/aromatic N) is 1. The van der Waals surface area contributed by atoms with Gasteiger partial charge in [0.1, 0.15) is 0 Å². The third-order valence-electron chi connectivity index (χ3n) is 3.15. The minimum absolute atomic E-state index is 0.576.